The second-order valence-electron chi connectivity index (χ2n) is 4.37. The maximum absolute atomic E-state index is 13.7. The molecular weight excluding hydrogens is 260 g/mol. The van der Waals surface area contributed by atoms with Gasteiger partial charge in [-0.3, -0.25) is 4.90 Å². The number of nitrogens with zero attached hydrogens (tertiary/aromatic N) is 1. The summed E-state index contributed by atoms with van der Waals surface area (Å²) in [5.41, 5.74) is 0.156. The van der Waals surface area contributed by atoms with Crippen LogP contribution in [-0.2, 0) is 0 Å². The van der Waals surface area contributed by atoms with Gasteiger partial charge in [-0.2, -0.15) is 0 Å². The Balaban J connectivity index is 2.84. The topological polar surface area (TPSA) is 15.3 Å². The molecule has 0 spiro atoms. The van der Waals surface area contributed by atoms with Crippen molar-refractivity contribution in [1.29, 1.82) is 0 Å². The van der Waals surface area contributed by atoms with E-state index in [1.54, 1.807) is 0 Å². The first-order valence-electron chi connectivity index (χ1n) is 6.09. The molecule has 0 bridgehead atoms. The zero-order chi connectivity index (χ0) is 14.4. The highest BCUT2D eigenvalue weighted by Crippen LogP contribution is 2.20. The predicted octanol–water partition coefficient (Wildman–Crippen LogP) is 2.81. The SMILES string of the molecule is CCNC(CN(C)CC(F)F)c1cccc(F)c1F. The lowest BCUT2D eigenvalue weighted by molar-refractivity contribution is 0.0957. The summed E-state index contributed by atoms with van der Waals surface area (Å²) in [6, 6.07) is 3.38. The van der Waals surface area contributed by atoms with Crippen LogP contribution < -0.4 is 5.32 Å². The van der Waals surface area contributed by atoms with E-state index in [0.717, 1.165) is 6.07 Å². The third kappa shape index (κ3) is 4.80. The van der Waals surface area contributed by atoms with Gasteiger partial charge in [-0.1, -0.05) is 19.1 Å². The number of alkyl halides is 2. The molecule has 0 aromatic heterocycles. The molecule has 0 fully saturated rings. The first-order chi connectivity index (χ1) is 8.95. The number of halogens is 4. The van der Waals surface area contributed by atoms with E-state index in [4.69, 9.17) is 0 Å². The molecular formula is C13H18F4N2. The number of likely N-dealkylation sites (N-methyl/N-ethyl adjacent to an activating group) is 2. The van der Waals surface area contributed by atoms with Crippen LogP contribution in [0.5, 0.6) is 0 Å². The number of nitrogens with one attached hydrogen (secondary N) is 1. The summed E-state index contributed by atoms with van der Waals surface area (Å²) >= 11 is 0. The largest absolute Gasteiger partial charge is 0.309 e. The Morgan fingerprint density at radius 3 is 2.47 bits per heavy atom. The van der Waals surface area contributed by atoms with E-state index in [0.29, 0.717) is 6.54 Å². The zero-order valence-electron chi connectivity index (χ0n) is 11.0. The zero-order valence-corrected chi connectivity index (χ0v) is 11.0. The maximum atomic E-state index is 13.7. The van der Waals surface area contributed by atoms with E-state index < -0.39 is 30.6 Å². The number of benzene rings is 1. The Hall–Kier alpha value is -1.14. The molecule has 1 rings (SSSR count). The average Bonchev–Trinajstić information content (AvgIpc) is 2.31. The monoisotopic (exact) mass is 278 g/mol. The van der Waals surface area contributed by atoms with Crippen molar-refractivity contribution in [2.45, 2.75) is 19.4 Å². The minimum atomic E-state index is -2.45. The molecule has 0 heterocycles. The molecule has 1 aromatic carbocycles. The highest BCUT2D eigenvalue weighted by molar-refractivity contribution is 5.23. The molecule has 0 amide bonds. The van der Waals surface area contributed by atoms with Crippen molar-refractivity contribution in [3.05, 3.63) is 35.4 Å². The number of rotatable bonds is 7. The summed E-state index contributed by atoms with van der Waals surface area (Å²) < 4.78 is 51.4. The molecule has 1 N–H and O–H groups in total. The van der Waals surface area contributed by atoms with E-state index in [-0.39, 0.29) is 12.1 Å². The first-order valence-corrected chi connectivity index (χ1v) is 6.09. The van der Waals surface area contributed by atoms with Gasteiger partial charge in [-0.15, -0.1) is 0 Å². The molecule has 1 atom stereocenters. The Labute approximate surface area is 110 Å². The van der Waals surface area contributed by atoms with Gasteiger partial charge in [-0.25, -0.2) is 17.6 Å². The van der Waals surface area contributed by atoms with Gasteiger partial charge >= 0.3 is 0 Å². The van der Waals surface area contributed by atoms with Crippen molar-refractivity contribution in [1.82, 2.24) is 10.2 Å². The van der Waals surface area contributed by atoms with Gasteiger partial charge in [-0.05, 0) is 19.7 Å². The van der Waals surface area contributed by atoms with Gasteiger partial charge in [0.2, 0.25) is 0 Å². The van der Waals surface area contributed by atoms with Gasteiger partial charge in [0.05, 0.1) is 6.54 Å². The molecule has 1 aromatic rings. The lowest BCUT2D eigenvalue weighted by Gasteiger charge is -2.25. The molecule has 6 heteroatoms. The summed E-state index contributed by atoms with van der Waals surface area (Å²) in [6.45, 7) is 2.12. The Morgan fingerprint density at radius 1 is 1.21 bits per heavy atom. The average molecular weight is 278 g/mol. The van der Waals surface area contributed by atoms with Crippen LogP contribution >= 0.6 is 0 Å². The summed E-state index contributed by atoms with van der Waals surface area (Å²) in [5, 5.41) is 2.98. The minimum absolute atomic E-state index is 0.156. The van der Waals surface area contributed by atoms with Crippen molar-refractivity contribution in [3.63, 3.8) is 0 Å². The van der Waals surface area contributed by atoms with Gasteiger partial charge in [0, 0.05) is 18.2 Å². The van der Waals surface area contributed by atoms with Crippen LogP contribution in [0.1, 0.15) is 18.5 Å². The highest BCUT2D eigenvalue weighted by atomic mass is 19.3. The third-order valence-corrected chi connectivity index (χ3v) is 2.75. The Morgan fingerprint density at radius 2 is 1.89 bits per heavy atom. The molecule has 0 radical (unpaired) electrons. The van der Waals surface area contributed by atoms with E-state index in [1.807, 2.05) is 6.92 Å². The Kier molecular flexibility index (Phi) is 6.24. The number of hydrogen-bond donors (Lipinski definition) is 1. The van der Waals surface area contributed by atoms with Crippen molar-refractivity contribution >= 4 is 0 Å². The first kappa shape index (κ1) is 15.9. The standard InChI is InChI=1S/C13H18F4N2/c1-3-18-11(7-19(2)8-12(15)16)9-5-4-6-10(14)13(9)17/h4-6,11-12,18H,3,7-8H2,1-2H3. The number of hydrogen-bond acceptors (Lipinski definition) is 2. The smallest absolute Gasteiger partial charge is 0.251 e. The van der Waals surface area contributed by atoms with Crippen molar-refractivity contribution in [2.75, 3.05) is 26.7 Å². The van der Waals surface area contributed by atoms with Crippen LogP contribution in [0.25, 0.3) is 0 Å². The molecule has 2 nitrogen and oxygen atoms in total. The van der Waals surface area contributed by atoms with Crippen LogP contribution in [0, 0.1) is 11.6 Å². The van der Waals surface area contributed by atoms with Crippen LogP contribution in [0.4, 0.5) is 17.6 Å². The van der Waals surface area contributed by atoms with E-state index in [1.165, 1.54) is 24.1 Å². The second kappa shape index (κ2) is 7.45. The molecule has 1 unspecified atom stereocenters. The van der Waals surface area contributed by atoms with Crippen LogP contribution in [0.3, 0.4) is 0 Å². The van der Waals surface area contributed by atoms with Crippen molar-refractivity contribution in [2.24, 2.45) is 0 Å². The molecule has 19 heavy (non-hydrogen) atoms. The van der Waals surface area contributed by atoms with Crippen LogP contribution in [0.15, 0.2) is 18.2 Å². The van der Waals surface area contributed by atoms with Crippen LogP contribution in [0.2, 0.25) is 0 Å². The lowest BCUT2D eigenvalue weighted by atomic mass is 10.1. The minimum Gasteiger partial charge on any atom is -0.309 e. The lowest BCUT2D eigenvalue weighted by Crippen LogP contribution is -2.35. The molecule has 0 saturated heterocycles. The van der Waals surface area contributed by atoms with Gasteiger partial charge in [0.1, 0.15) is 0 Å². The quantitative estimate of drug-likeness (QED) is 0.772. The highest BCUT2D eigenvalue weighted by Gasteiger charge is 2.20. The predicted molar refractivity (Wildman–Crippen MR) is 66.3 cm³/mol. The van der Waals surface area contributed by atoms with E-state index in [9.17, 15) is 17.6 Å². The third-order valence-electron chi connectivity index (χ3n) is 2.75. The van der Waals surface area contributed by atoms with Crippen molar-refractivity contribution in [3.8, 4) is 0 Å². The summed E-state index contributed by atoms with van der Waals surface area (Å²) in [7, 11) is 1.52. The summed E-state index contributed by atoms with van der Waals surface area (Å²) in [6.07, 6.45) is -2.45. The molecule has 0 aliphatic heterocycles. The van der Waals surface area contributed by atoms with E-state index >= 15 is 0 Å². The van der Waals surface area contributed by atoms with Gasteiger partial charge in [0.15, 0.2) is 11.6 Å². The van der Waals surface area contributed by atoms with Gasteiger partial charge < -0.3 is 5.32 Å². The summed E-state index contributed by atoms with van der Waals surface area (Å²) in [4.78, 5) is 1.39. The second-order valence-corrected chi connectivity index (χ2v) is 4.37. The summed E-state index contributed by atoms with van der Waals surface area (Å²) in [5.74, 6) is -1.86. The van der Waals surface area contributed by atoms with E-state index in [2.05, 4.69) is 5.32 Å². The van der Waals surface area contributed by atoms with Gasteiger partial charge in [0.25, 0.3) is 6.43 Å². The maximum Gasteiger partial charge on any atom is 0.251 e. The fourth-order valence-corrected chi connectivity index (χ4v) is 1.93. The molecule has 108 valence electrons. The normalized spacial score (nSPS) is 13.3. The fraction of sp³-hybridized carbons (Fsp3) is 0.538. The van der Waals surface area contributed by atoms with Crippen molar-refractivity contribution < 1.29 is 17.6 Å². The molecule has 0 saturated carbocycles. The van der Waals surface area contributed by atoms with Crippen LogP contribution in [-0.4, -0.2) is 38.0 Å². The fourth-order valence-electron chi connectivity index (χ4n) is 1.93. The molecule has 0 aliphatic carbocycles. The molecule has 0 aliphatic rings. The Bertz CT molecular complexity index is 398.